The minimum atomic E-state index is -0.00937. The van der Waals surface area contributed by atoms with E-state index in [1.165, 1.54) is 5.69 Å². The molecule has 3 rings (SSSR count). The Morgan fingerprint density at radius 3 is 2.54 bits per heavy atom. The molecule has 1 amide bonds. The van der Waals surface area contributed by atoms with Gasteiger partial charge in [0.25, 0.3) is 0 Å². The van der Waals surface area contributed by atoms with Crippen LogP contribution >= 0.6 is 15.9 Å². The molecular weight excluding hydrogens is 368 g/mol. The first kappa shape index (κ1) is 17.0. The molecule has 0 unspecified atom stereocenters. The second-order valence-electron chi connectivity index (χ2n) is 5.95. The Hall–Kier alpha value is -1.85. The third-order valence-corrected chi connectivity index (χ3v) is 4.99. The summed E-state index contributed by atoms with van der Waals surface area (Å²) in [6.45, 7) is 5.41. The normalized spacial score (nSPS) is 14.5. The minimum Gasteiger partial charge on any atom is -0.378 e. The molecular formula is C19H21BrN2O2. The number of hydrogen-bond acceptors (Lipinski definition) is 3. The van der Waals surface area contributed by atoms with E-state index >= 15 is 0 Å². The molecule has 1 N–H and O–H groups in total. The van der Waals surface area contributed by atoms with Crippen LogP contribution in [-0.2, 0) is 16.0 Å². The Labute approximate surface area is 150 Å². The third kappa shape index (κ3) is 4.36. The maximum absolute atomic E-state index is 12.2. The zero-order valence-corrected chi connectivity index (χ0v) is 15.3. The molecule has 126 valence electrons. The van der Waals surface area contributed by atoms with Crippen LogP contribution in [0.2, 0.25) is 0 Å². The van der Waals surface area contributed by atoms with Crippen molar-refractivity contribution in [2.75, 3.05) is 36.5 Å². The summed E-state index contributed by atoms with van der Waals surface area (Å²) in [6.07, 6.45) is 0.370. The van der Waals surface area contributed by atoms with Crippen LogP contribution in [0.4, 0.5) is 11.4 Å². The predicted molar refractivity (Wildman–Crippen MR) is 101 cm³/mol. The van der Waals surface area contributed by atoms with Gasteiger partial charge in [0.15, 0.2) is 0 Å². The molecule has 0 aliphatic carbocycles. The van der Waals surface area contributed by atoms with Crippen molar-refractivity contribution in [3.05, 3.63) is 58.1 Å². The Morgan fingerprint density at radius 1 is 1.17 bits per heavy atom. The third-order valence-electron chi connectivity index (χ3n) is 4.13. The number of benzene rings is 2. The highest BCUT2D eigenvalue weighted by atomic mass is 79.9. The van der Waals surface area contributed by atoms with Gasteiger partial charge in [-0.2, -0.15) is 0 Å². The second-order valence-corrected chi connectivity index (χ2v) is 6.81. The maximum atomic E-state index is 12.2. The average Bonchev–Trinajstić information content (AvgIpc) is 2.59. The van der Waals surface area contributed by atoms with Gasteiger partial charge in [-0.25, -0.2) is 0 Å². The van der Waals surface area contributed by atoms with E-state index in [2.05, 4.69) is 38.3 Å². The number of morpholine rings is 1. The van der Waals surface area contributed by atoms with Crippen LogP contribution < -0.4 is 10.2 Å². The molecule has 2 aromatic rings. The van der Waals surface area contributed by atoms with Crippen LogP contribution in [0.3, 0.4) is 0 Å². The van der Waals surface area contributed by atoms with Crippen LogP contribution in [0, 0.1) is 6.92 Å². The molecule has 1 fully saturated rings. The number of rotatable bonds is 4. The van der Waals surface area contributed by atoms with E-state index in [0.29, 0.717) is 6.42 Å². The average molecular weight is 389 g/mol. The summed E-state index contributed by atoms with van der Waals surface area (Å²) in [7, 11) is 0. The summed E-state index contributed by atoms with van der Waals surface area (Å²) in [4.78, 5) is 14.5. The molecule has 2 aromatic carbocycles. The minimum absolute atomic E-state index is 0.00937. The highest BCUT2D eigenvalue weighted by Crippen LogP contribution is 2.21. The molecule has 0 atom stereocenters. The van der Waals surface area contributed by atoms with Crippen molar-refractivity contribution in [2.45, 2.75) is 13.3 Å². The fourth-order valence-corrected chi connectivity index (χ4v) is 3.09. The second kappa shape index (κ2) is 7.81. The quantitative estimate of drug-likeness (QED) is 0.866. The smallest absolute Gasteiger partial charge is 0.228 e. The van der Waals surface area contributed by atoms with Gasteiger partial charge in [0, 0.05) is 28.9 Å². The molecule has 0 bridgehead atoms. The molecule has 4 nitrogen and oxygen atoms in total. The van der Waals surface area contributed by atoms with E-state index in [4.69, 9.17) is 4.74 Å². The van der Waals surface area contributed by atoms with Gasteiger partial charge in [0.2, 0.25) is 5.91 Å². The van der Waals surface area contributed by atoms with E-state index < -0.39 is 0 Å². The molecule has 0 radical (unpaired) electrons. The van der Waals surface area contributed by atoms with Crippen LogP contribution in [0.5, 0.6) is 0 Å². The number of halogens is 1. The molecule has 0 saturated carbocycles. The summed E-state index contributed by atoms with van der Waals surface area (Å²) in [5, 5.41) is 2.94. The zero-order valence-electron chi connectivity index (χ0n) is 13.7. The number of carbonyl (C=O) groups excluding carboxylic acids is 1. The van der Waals surface area contributed by atoms with Gasteiger partial charge < -0.3 is 15.0 Å². The summed E-state index contributed by atoms with van der Waals surface area (Å²) in [6, 6.07) is 14.0. The number of hydrogen-bond donors (Lipinski definition) is 1. The van der Waals surface area contributed by atoms with Gasteiger partial charge in [-0.3, -0.25) is 4.79 Å². The lowest BCUT2D eigenvalue weighted by atomic mass is 10.1. The fourth-order valence-electron chi connectivity index (χ4n) is 2.71. The first-order valence-electron chi connectivity index (χ1n) is 8.09. The van der Waals surface area contributed by atoms with Gasteiger partial charge in [-0.05, 0) is 42.3 Å². The largest absolute Gasteiger partial charge is 0.378 e. The molecule has 1 heterocycles. The lowest BCUT2D eigenvalue weighted by Gasteiger charge is -2.28. The Bertz CT molecular complexity index is 710. The van der Waals surface area contributed by atoms with Crippen molar-refractivity contribution in [1.29, 1.82) is 0 Å². The van der Waals surface area contributed by atoms with E-state index in [0.717, 1.165) is 47.6 Å². The molecule has 5 heteroatoms. The number of nitrogens with zero attached hydrogens (tertiary/aromatic N) is 1. The van der Waals surface area contributed by atoms with E-state index in [1.54, 1.807) is 0 Å². The topological polar surface area (TPSA) is 41.6 Å². The first-order chi connectivity index (χ1) is 11.6. The van der Waals surface area contributed by atoms with Crippen molar-refractivity contribution in [3.63, 3.8) is 0 Å². The summed E-state index contributed by atoms with van der Waals surface area (Å²) >= 11 is 3.48. The highest BCUT2D eigenvalue weighted by Gasteiger charge is 2.11. The Balaban J connectivity index is 1.58. The van der Waals surface area contributed by atoms with Crippen molar-refractivity contribution >= 4 is 33.2 Å². The van der Waals surface area contributed by atoms with Crippen LogP contribution in [0.25, 0.3) is 0 Å². The number of amides is 1. The van der Waals surface area contributed by atoms with Crippen molar-refractivity contribution < 1.29 is 9.53 Å². The molecule has 1 saturated heterocycles. The van der Waals surface area contributed by atoms with Gasteiger partial charge in [0.1, 0.15) is 0 Å². The fraction of sp³-hybridized carbons (Fsp3) is 0.316. The molecule has 24 heavy (non-hydrogen) atoms. The lowest BCUT2D eigenvalue weighted by molar-refractivity contribution is -0.115. The number of carbonyl (C=O) groups is 1. The van der Waals surface area contributed by atoms with Gasteiger partial charge in [0.05, 0.1) is 19.6 Å². The first-order valence-corrected chi connectivity index (χ1v) is 8.89. The van der Waals surface area contributed by atoms with Gasteiger partial charge >= 0.3 is 0 Å². The number of ether oxygens (including phenoxy) is 1. The van der Waals surface area contributed by atoms with Crippen molar-refractivity contribution in [1.82, 2.24) is 0 Å². The Morgan fingerprint density at radius 2 is 1.88 bits per heavy atom. The van der Waals surface area contributed by atoms with E-state index in [1.807, 2.05) is 37.3 Å². The highest BCUT2D eigenvalue weighted by molar-refractivity contribution is 9.10. The Kier molecular flexibility index (Phi) is 5.53. The van der Waals surface area contributed by atoms with Crippen molar-refractivity contribution in [3.8, 4) is 0 Å². The standard InChI is InChI=1S/C19H21BrN2O2/c1-14-2-5-16(13-18(14)20)21-19(23)12-15-3-6-17(7-4-15)22-8-10-24-11-9-22/h2-7,13H,8-12H2,1H3,(H,21,23). The number of aryl methyl sites for hydroxylation is 1. The SMILES string of the molecule is Cc1ccc(NC(=O)Cc2ccc(N3CCOCC3)cc2)cc1Br. The number of anilines is 2. The van der Waals surface area contributed by atoms with Crippen LogP contribution in [-0.4, -0.2) is 32.2 Å². The maximum Gasteiger partial charge on any atom is 0.228 e. The van der Waals surface area contributed by atoms with Crippen LogP contribution in [0.15, 0.2) is 46.9 Å². The molecule has 0 aromatic heterocycles. The van der Waals surface area contributed by atoms with Crippen LogP contribution in [0.1, 0.15) is 11.1 Å². The van der Waals surface area contributed by atoms with Gasteiger partial charge in [-0.1, -0.05) is 34.1 Å². The summed E-state index contributed by atoms with van der Waals surface area (Å²) in [5.74, 6) is -0.00937. The predicted octanol–water partition coefficient (Wildman–Crippen LogP) is 3.78. The zero-order chi connectivity index (χ0) is 16.9. The van der Waals surface area contributed by atoms with E-state index in [9.17, 15) is 4.79 Å². The number of nitrogens with one attached hydrogen (secondary N) is 1. The summed E-state index contributed by atoms with van der Waals surface area (Å²) < 4.78 is 6.37. The molecule has 1 aliphatic heterocycles. The lowest BCUT2D eigenvalue weighted by Crippen LogP contribution is -2.36. The van der Waals surface area contributed by atoms with Gasteiger partial charge in [-0.15, -0.1) is 0 Å². The summed E-state index contributed by atoms with van der Waals surface area (Å²) in [5.41, 5.74) is 4.15. The monoisotopic (exact) mass is 388 g/mol. The molecule has 0 spiro atoms. The van der Waals surface area contributed by atoms with Crippen molar-refractivity contribution in [2.24, 2.45) is 0 Å². The van der Waals surface area contributed by atoms with E-state index in [-0.39, 0.29) is 5.91 Å². The molecule has 1 aliphatic rings.